The van der Waals surface area contributed by atoms with Gasteiger partial charge in [0.25, 0.3) is 0 Å². The Balaban J connectivity index is 0.000000810. The predicted molar refractivity (Wildman–Crippen MR) is 38.6 cm³/mol. The number of nitrogens with one attached hydrogen (secondary N) is 3. The summed E-state index contributed by atoms with van der Waals surface area (Å²) in [6, 6.07) is 0. The van der Waals surface area contributed by atoms with Crippen molar-refractivity contribution >= 4 is 0 Å². The number of rotatable bonds is 0. The largest absolute Gasteiger partial charge is 2.00 e. The third-order valence-corrected chi connectivity index (χ3v) is 1.44. The molecule has 0 aromatic carbocycles. The first-order valence-corrected chi connectivity index (χ1v) is 3.62. The van der Waals surface area contributed by atoms with Crippen LogP contribution < -0.4 is 16.0 Å². The van der Waals surface area contributed by atoms with Crippen LogP contribution in [0.3, 0.4) is 0 Å². The van der Waals surface area contributed by atoms with E-state index in [-0.39, 0.29) is 17.1 Å². The van der Waals surface area contributed by atoms with Crippen LogP contribution in [0.5, 0.6) is 0 Å². The van der Waals surface area contributed by atoms with Crippen molar-refractivity contribution in [1.29, 1.82) is 0 Å². The molecule has 0 saturated carbocycles. The molecule has 59 valence electrons. The third-order valence-electron chi connectivity index (χ3n) is 1.44. The molecule has 1 rings (SSSR count). The summed E-state index contributed by atoms with van der Waals surface area (Å²) in [7, 11) is 0. The van der Waals surface area contributed by atoms with Gasteiger partial charge in [0, 0.05) is 39.3 Å². The third kappa shape index (κ3) is 5.21. The molecule has 0 spiro atoms. The zero-order valence-corrected chi connectivity index (χ0v) is 7.30. The normalized spacial score (nSPS) is 21.6. The Bertz CT molecular complexity index is 41.5. The van der Waals surface area contributed by atoms with Gasteiger partial charge in [-0.2, -0.15) is 0 Å². The van der Waals surface area contributed by atoms with Crippen molar-refractivity contribution in [3.05, 3.63) is 0 Å². The van der Waals surface area contributed by atoms with Crippen molar-refractivity contribution in [1.82, 2.24) is 16.0 Å². The summed E-state index contributed by atoms with van der Waals surface area (Å²) < 4.78 is 0. The second kappa shape index (κ2) is 7.51. The molecule has 3 nitrogen and oxygen atoms in total. The predicted octanol–water partition coefficient (Wildman–Crippen LogP) is -1.23. The summed E-state index contributed by atoms with van der Waals surface area (Å²) >= 11 is 0. The number of hydrogen-bond donors (Lipinski definition) is 3. The zero-order chi connectivity index (χ0) is 6.36. The van der Waals surface area contributed by atoms with Crippen LogP contribution in [0, 0.1) is 0 Å². The molecule has 3 N–H and O–H groups in total. The molecule has 1 radical (unpaired) electrons. The van der Waals surface area contributed by atoms with E-state index in [0.29, 0.717) is 0 Å². The fraction of sp³-hybridized carbons (Fsp3) is 1.00. The molecule has 1 saturated heterocycles. The first-order chi connectivity index (χ1) is 4.50. The van der Waals surface area contributed by atoms with E-state index in [1.54, 1.807) is 0 Å². The van der Waals surface area contributed by atoms with Crippen LogP contribution in [0.2, 0.25) is 0 Å². The van der Waals surface area contributed by atoms with Gasteiger partial charge in [-0.3, -0.25) is 0 Å². The monoisotopic (exact) mass is 184 g/mol. The Morgan fingerprint density at radius 3 is 0.900 bits per heavy atom. The minimum Gasteiger partial charge on any atom is -0.314 e. The van der Waals surface area contributed by atoms with Gasteiger partial charge in [-0.25, -0.2) is 0 Å². The summed E-state index contributed by atoms with van der Waals surface area (Å²) in [5, 5.41) is 9.91. The van der Waals surface area contributed by atoms with Crippen LogP contribution in [0.15, 0.2) is 0 Å². The van der Waals surface area contributed by atoms with Crippen molar-refractivity contribution in [2.75, 3.05) is 39.3 Å². The average molecular weight is 184 g/mol. The average Bonchev–Trinajstić information content (AvgIpc) is 2.00. The molecule has 0 aromatic heterocycles. The van der Waals surface area contributed by atoms with E-state index in [4.69, 9.17) is 0 Å². The van der Waals surface area contributed by atoms with E-state index in [0.717, 1.165) is 39.3 Å². The maximum absolute atomic E-state index is 3.30. The molecular weight excluding hydrogens is 169 g/mol. The molecule has 0 aliphatic carbocycles. The Morgan fingerprint density at radius 2 is 0.700 bits per heavy atom. The van der Waals surface area contributed by atoms with E-state index in [1.165, 1.54) is 0 Å². The standard InChI is InChI=1S/C6H15N3.Mn/c1-2-8-5-6-9-4-3-7-1;/h7-9H,1-6H2;/q;+2. The Hall–Kier alpha value is 0.399. The Kier molecular flexibility index (Phi) is 7.81. The SMILES string of the molecule is C1CNCCNCCN1.[Mn+2]. The van der Waals surface area contributed by atoms with Gasteiger partial charge >= 0.3 is 17.1 Å². The summed E-state index contributed by atoms with van der Waals surface area (Å²) in [5.41, 5.74) is 0. The van der Waals surface area contributed by atoms with Gasteiger partial charge in [0.05, 0.1) is 0 Å². The molecule has 4 heteroatoms. The van der Waals surface area contributed by atoms with E-state index in [2.05, 4.69) is 16.0 Å². The van der Waals surface area contributed by atoms with Crippen molar-refractivity contribution in [3.63, 3.8) is 0 Å². The summed E-state index contributed by atoms with van der Waals surface area (Å²) in [4.78, 5) is 0. The van der Waals surface area contributed by atoms with E-state index in [9.17, 15) is 0 Å². The fourth-order valence-electron chi connectivity index (χ4n) is 0.905. The topological polar surface area (TPSA) is 36.1 Å². The fourth-order valence-corrected chi connectivity index (χ4v) is 0.905. The van der Waals surface area contributed by atoms with Crippen LogP contribution in [-0.2, 0) is 17.1 Å². The molecule has 1 heterocycles. The molecular formula is C6H15MnN3+2. The van der Waals surface area contributed by atoms with Crippen molar-refractivity contribution < 1.29 is 17.1 Å². The van der Waals surface area contributed by atoms with Crippen molar-refractivity contribution in [2.24, 2.45) is 0 Å². The molecule has 0 atom stereocenters. The summed E-state index contributed by atoms with van der Waals surface area (Å²) in [6.07, 6.45) is 0. The second-order valence-corrected chi connectivity index (χ2v) is 2.25. The minimum atomic E-state index is 0. The molecule has 10 heavy (non-hydrogen) atoms. The van der Waals surface area contributed by atoms with Crippen LogP contribution >= 0.6 is 0 Å². The quantitative estimate of drug-likeness (QED) is 0.412. The first kappa shape index (κ1) is 10.4. The Labute approximate surface area is 72.8 Å². The van der Waals surface area contributed by atoms with E-state index in [1.807, 2.05) is 0 Å². The molecule has 0 bridgehead atoms. The van der Waals surface area contributed by atoms with Gasteiger partial charge in [0.2, 0.25) is 0 Å². The maximum atomic E-state index is 3.30. The molecule has 1 aliphatic rings. The number of hydrogen-bond acceptors (Lipinski definition) is 3. The van der Waals surface area contributed by atoms with Crippen LogP contribution in [-0.4, -0.2) is 39.3 Å². The first-order valence-electron chi connectivity index (χ1n) is 3.62. The van der Waals surface area contributed by atoms with E-state index >= 15 is 0 Å². The maximum Gasteiger partial charge on any atom is 2.00 e. The molecule has 0 aromatic rings. The molecule has 1 fully saturated rings. The van der Waals surface area contributed by atoms with Gasteiger partial charge in [-0.15, -0.1) is 0 Å². The summed E-state index contributed by atoms with van der Waals surface area (Å²) in [6.45, 7) is 6.59. The van der Waals surface area contributed by atoms with Gasteiger partial charge in [0.15, 0.2) is 0 Å². The van der Waals surface area contributed by atoms with Gasteiger partial charge in [0.1, 0.15) is 0 Å². The Morgan fingerprint density at radius 1 is 0.500 bits per heavy atom. The summed E-state index contributed by atoms with van der Waals surface area (Å²) in [5.74, 6) is 0. The molecule has 0 unspecified atom stereocenters. The van der Waals surface area contributed by atoms with Crippen molar-refractivity contribution in [2.45, 2.75) is 0 Å². The zero-order valence-electron chi connectivity index (χ0n) is 6.12. The molecule has 0 amide bonds. The van der Waals surface area contributed by atoms with Gasteiger partial charge < -0.3 is 16.0 Å². The smallest absolute Gasteiger partial charge is 0.314 e. The second-order valence-electron chi connectivity index (χ2n) is 2.25. The van der Waals surface area contributed by atoms with Crippen LogP contribution in [0.4, 0.5) is 0 Å². The van der Waals surface area contributed by atoms with Crippen LogP contribution in [0.25, 0.3) is 0 Å². The van der Waals surface area contributed by atoms with Gasteiger partial charge in [-0.1, -0.05) is 0 Å². The van der Waals surface area contributed by atoms with Crippen LogP contribution in [0.1, 0.15) is 0 Å². The van der Waals surface area contributed by atoms with Gasteiger partial charge in [-0.05, 0) is 0 Å². The van der Waals surface area contributed by atoms with Crippen molar-refractivity contribution in [3.8, 4) is 0 Å². The minimum absolute atomic E-state index is 0. The molecule has 1 aliphatic heterocycles. The van der Waals surface area contributed by atoms with E-state index < -0.39 is 0 Å².